The molecule has 2 aromatic carbocycles. The zero-order chi connectivity index (χ0) is 23.8. The van der Waals surface area contributed by atoms with Crippen LogP contribution in [0.1, 0.15) is 5.56 Å². The lowest BCUT2D eigenvalue weighted by atomic mass is 10.1. The van der Waals surface area contributed by atoms with Crippen LogP contribution in [0.25, 0.3) is 11.3 Å². The minimum atomic E-state index is -4.42. The van der Waals surface area contributed by atoms with Crippen LogP contribution in [0.4, 0.5) is 13.2 Å². The van der Waals surface area contributed by atoms with Crippen LogP contribution in [0.5, 0.6) is 11.5 Å². The van der Waals surface area contributed by atoms with Crippen molar-refractivity contribution < 1.29 is 27.4 Å². The van der Waals surface area contributed by atoms with Crippen LogP contribution in [0.15, 0.2) is 59.9 Å². The number of hydrogen-bond donors (Lipinski definition) is 1. The molecule has 6 nitrogen and oxygen atoms in total. The highest BCUT2D eigenvalue weighted by atomic mass is 32.2. The quantitative estimate of drug-likeness (QED) is 0.431. The highest BCUT2D eigenvalue weighted by Gasteiger charge is 2.31. The van der Waals surface area contributed by atoms with Gasteiger partial charge in [0.05, 0.1) is 31.9 Å². The smallest absolute Gasteiger partial charge is 0.406 e. The summed E-state index contributed by atoms with van der Waals surface area (Å²) < 4.78 is 51.1. The van der Waals surface area contributed by atoms with Gasteiger partial charge in [0.15, 0.2) is 16.7 Å². The van der Waals surface area contributed by atoms with E-state index in [0.29, 0.717) is 35.7 Å². The molecule has 0 aliphatic heterocycles. The number of carbonyl (C=O) groups is 1. The summed E-state index contributed by atoms with van der Waals surface area (Å²) in [5.74, 6) is 0.881. The molecule has 0 atom stereocenters. The Balaban J connectivity index is 1.59. The maximum Gasteiger partial charge on any atom is 0.406 e. The van der Waals surface area contributed by atoms with Gasteiger partial charge in [0.25, 0.3) is 0 Å². The van der Waals surface area contributed by atoms with Crippen molar-refractivity contribution in [2.45, 2.75) is 24.3 Å². The molecule has 0 fully saturated rings. The molecule has 0 aliphatic carbocycles. The van der Waals surface area contributed by atoms with Crippen molar-refractivity contribution in [2.24, 2.45) is 0 Å². The predicted octanol–water partition coefficient (Wildman–Crippen LogP) is 4.58. The van der Waals surface area contributed by atoms with E-state index in [9.17, 15) is 18.0 Å². The fourth-order valence-corrected chi connectivity index (χ4v) is 4.02. The number of rotatable bonds is 10. The van der Waals surface area contributed by atoms with Gasteiger partial charge in [0.1, 0.15) is 6.54 Å². The van der Waals surface area contributed by atoms with Gasteiger partial charge >= 0.3 is 6.18 Å². The zero-order valence-corrected chi connectivity index (χ0v) is 19.0. The molecule has 0 bridgehead atoms. The molecule has 176 valence electrons. The summed E-state index contributed by atoms with van der Waals surface area (Å²) in [6.45, 7) is -0.804. The number of benzene rings is 2. The second kappa shape index (κ2) is 11.1. The number of thioether (sulfide) groups is 1. The van der Waals surface area contributed by atoms with Gasteiger partial charge in [0, 0.05) is 6.54 Å². The molecular formula is C23H24F3N3O3S. The number of methoxy groups -OCH3 is 2. The number of nitrogens with one attached hydrogen (secondary N) is 1. The Morgan fingerprint density at radius 1 is 1.09 bits per heavy atom. The summed E-state index contributed by atoms with van der Waals surface area (Å²) >= 11 is 0.972. The van der Waals surface area contributed by atoms with Crippen molar-refractivity contribution in [3.8, 4) is 22.8 Å². The van der Waals surface area contributed by atoms with E-state index in [2.05, 4.69) is 10.3 Å². The summed E-state index contributed by atoms with van der Waals surface area (Å²) in [6, 6.07) is 14.2. The van der Waals surface area contributed by atoms with E-state index in [0.717, 1.165) is 21.9 Å². The first-order valence-electron chi connectivity index (χ1n) is 10.1. The number of imidazole rings is 1. The zero-order valence-electron chi connectivity index (χ0n) is 18.2. The largest absolute Gasteiger partial charge is 0.493 e. The second-order valence-corrected chi connectivity index (χ2v) is 8.01. The predicted molar refractivity (Wildman–Crippen MR) is 121 cm³/mol. The van der Waals surface area contributed by atoms with E-state index in [1.54, 1.807) is 50.6 Å². The van der Waals surface area contributed by atoms with Gasteiger partial charge in [-0.05, 0) is 29.7 Å². The van der Waals surface area contributed by atoms with Gasteiger partial charge in [-0.15, -0.1) is 0 Å². The third kappa shape index (κ3) is 6.92. The van der Waals surface area contributed by atoms with Crippen LogP contribution < -0.4 is 14.8 Å². The molecule has 0 radical (unpaired) electrons. The number of halogens is 3. The molecule has 1 N–H and O–H groups in total. The fourth-order valence-electron chi connectivity index (χ4n) is 3.21. The average Bonchev–Trinajstić information content (AvgIpc) is 3.18. The molecule has 33 heavy (non-hydrogen) atoms. The lowest BCUT2D eigenvalue weighted by Crippen LogP contribution is -2.27. The number of carbonyl (C=O) groups excluding carboxylic acids is 1. The van der Waals surface area contributed by atoms with Crippen LogP contribution in [0.3, 0.4) is 0 Å². The highest BCUT2D eigenvalue weighted by molar-refractivity contribution is 7.99. The normalized spacial score (nSPS) is 11.3. The maximum absolute atomic E-state index is 13.2. The molecule has 0 unspecified atom stereocenters. The Kier molecular flexibility index (Phi) is 8.26. The van der Waals surface area contributed by atoms with E-state index in [-0.39, 0.29) is 16.8 Å². The third-order valence-corrected chi connectivity index (χ3v) is 5.73. The lowest BCUT2D eigenvalue weighted by Gasteiger charge is -2.14. The summed E-state index contributed by atoms with van der Waals surface area (Å²) in [6.07, 6.45) is -2.45. The van der Waals surface area contributed by atoms with E-state index in [4.69, 9.17) is 9.47 Å². The van der Waals surface area contributed by atoms with Gasteiger partial charge in [-0.1, -0.05) is 48.2 Å². The highest BCUT2D eigenvalue weighted by Crippen LogP contribution is 2.30. The van der Waals surface area contributed by atoms with Crippen LogP contribution in [-0.2, 0) is 17.8 Å². The average molecular weight is 480 g/mol. The number of nitrogens with zero attached hydrogens (tertiary/aromatic N) is 2. The number of hydrogen-bond acceptors (Lipinski definition) is 5. The number of alkyl halides is 3. The molecule has 1 aromatic heterocycles. The van der Waals surface area contributed by atoms with E-state index in [1.165, 1.54) is 6.20 Å². The molecule has 0 saturated carbocycles. The monoisotopic (exact) mass is 479 g/mol. The second-order valence-electron chi connectivity index (χ2n) is 7.07. The molecule has 3 aromatic rings. The molecule has 0 aliphatic rings. The summed E-state index contributed by atoms with van der Waals surface area (Å²) in [5, 5.41) is 2.92. The molecule has 10 heteroatoms. The van der Waals surface area contributed by atoms with Crippen molar-refractivity contribution >= 4 is 17.7 Å². The molecule has 0 spiro atoms. The topological polar surface area (TPSA) is 65.4 Å². The summed E-state index contributed by atoms with van der Waals surface area (Å²) in [4.78, 5) is 16.4. The standard InChI is InChI=1S/C23H24F3N3O3S/c1-31-19-9-8-16(12-20(19)32-2)10-11-27-21(30)14-33-22-28-13-18(17-6-4-3-5-7-17)29(22)15-23(24,25)26/h3-9,12-13H,10-11,14-15H2,1-2H3,(H,27,30). The van der Waals surface area contributed by atoms with Crippen LogP contribution >= 0.6 is 11.8 Å². The number of amides is 1. The minimum Gasteiger partial charge on any atom is -0.493 e. The van der Waals surface area contributed by atoms with Crippen molar-refractivity contribution in [1.29, 1.82) is 0 Å². The SMILES string of the molecule is COc1ccc(CCNC(=O)CSc2ncc(-c3ccccc3)n2CC(F)(F)F)cc1OC. The van der Waals surface area contributed by atoms with Crippen LogP contribution in [0, 0.1) is 0 Å². The Morgan fingerprint density at radius 2 is 1.82 bits per heavy atom. The van der Waals surface area contributed by atoms with Crippen molar-refractivity contribution in [2.75, 3.05) is 26.5 Å². The van der Waals surface area contributed by atoms with Crippen molar-refractivity contribution in [3.05, 3.63) is 60.3 Å². The number of aromatic nitrogens is 2. The Labute approximate surface area is 194 Å². The van der Waals surface area contributed by atoms with Gasteiger partial charge in [-0.2, -0.15) is 13.2 Å². The maximum atomic E-state index is 13.2. The Hall–Kier alpha value is -3.14. The first kappa shape index (κ1) is 24.5. The van der Waals surface area contributed by atoms with E-state index >= 15 is 0 Å². The van der Waals surface area contributed by atoms with Gasteiger partial charge in [0.2, 0.25) is 5.91 Å². The number of ether oxygens (including phenoxy) is 2. The molecular weight excluding hydrogens is 455 g/mol. The minimum absolute atomic E-state index is 0.0466. The molecule has 1 heterocycles. The van der Waals surface area contributed by atoms with Crippen molar-refractivity contribution in [1.82, 2.24) is 14.9 Å². The van der Waals surface area contributed by atoms with Gasteiger partial charge in [-0.3, -0.25) is 4.79 Å². The summed E-state index contributed by atoms with van der Waals surface area (Å²) in [7, 11) is 3.10. The van der Waals surface area contributed by atoms with Gasteiger partial charge in [-0.25, -0.2) is 4.98 Å². The Bertz CT molecular complexity index is 1070. The van der Waals surface area contributed by atoms with Gasteiger partial charge < -0.3 is 19.4 Å². The fraction of sp³-hybridized carbons (Fsp3) is 0.304. The van der Waals surface area contributed by atoms with Crippen LogP contribution in [-0.4, -0.2) is 48.2 Å². The molecule has 0 saturated heterocycles. The van der Waals surface area contributed by atoms with E-state index < -0.39 is 12.7 Å². The van der Waals surface area contributed by atoms with Crippen molar-refractivity contribution in [3.63, 3.8) is 0 Å². The summed E-state index contributed by atoms with van der Waals surface area (Å²) in [5.41, 5.74) is 1.93. The molecule has 1 amide bonds. The Morgan fingerprint density at radius 3 is 2.48 bits per heavy atom. The lowest BCUT2D eigenvalue weighted by molar-refractivity contribution is -0.141. The first-order chi connectivity index (χ1) is 15.8. The first-order valence-corrected chi connectivity index (χ1v) is 11.1. The van der Waals surface area contributed by atoms with E-state index in [1.807, 2.05) is 12.1 Å². The third-order valence-electron chi connectivity index (χ3n) is 4.74. The van der Waals surface area contributed by atoms with Crippen LogP contribution in [0.2, 0.25) is 0 Å². The molecule has 3 rings (SSSR count).